The van der Waals surface area contributed by atoms with Crippen molar-refractivity contribution in [3.8, 4) is 11.9 Å². The second-order valence-electron chi connectivity index (χ2n) is 7.45. The van der Waals surface area contributed by atoms with Gasteiger partial charge in [0.1, 0.15) is 6.07 Å². The fourth-order valence-corrected chi connectivity index (χ4v) is 4.17. The normalized spacial score (nSPS) is 22.1. The maximum Gasteiger partial charge on any atom is 0.213 e. The lowest BCUT2D eigenvalue weighted by atomic mass is 9.84. The van der Waals surface area contributed by atoms with Crippen molar-refractivity contribution in [3.63, 3.8) is 0 Å². The predicted molar refractivity (Wildman–Crippen MR) is 97.4 cm³/mol. The fourth-order valence-electron chi connectivity index (χ4n) is 4.17. The Balaban J connectivity index is 1.27. The molecule has 2 saturated heterocycles. The van der Waals surface area contributed by atoms with Crippen molar-refractivity contribution in [1.29, 1.82) is 5.26 Å². The zero-order valence-electron chi connectivity index (χ0n) is 15.0. The summed E-state index contributed by atoms with van der Waals surface area (Å²) >= 11 is 0. The fraction of sp³-hybridized carbons (Fsp3) is 0.450. The number of pyridine rings is 2. The number of hydrogen-bond donors (Lipinski definition) is 0. The second kappa shape index (κ2) is 7.02. The molecule has 1 spiro atoms. The van der Waals surface area contributed by atoms with Crippen LogP contribution in [0.15, 0.2) is 42.7 Å². The summed E-state index contributed by atoms with van der Waals surface area (Å²) in [5, 5.41) is 8.82. The molecule has 4 rings (SSSR count). The standard InChI is InChI=1S/C20H23N5O/c1-24-11-17(13-26-19-6-5-16(9-21)10-23-19)8-20(24)14-25(15-20)12-18-4-2-3-7-22-18/h2-7,10,17H,8,11-15H2,1H3/t17-/m0/s1. The molecule has 0 radical (unpaired) electrons. The molecule has 0 aliphatic carbocycles. The van der Waals surface area contributed by atoms with Crippen LogP contribution < -0.4 is 4.74 Å². The van der Waals surface area contributed by atoms with Gasteiger partial charge < -0.3 is 4.74 Å². The Kier molecular flexibility index (Phi) is 4.58. The summed E-state index contributed by atoms with van der Waals surface area (Å²) in [5.41, 5.74) is 1.97. The van der Waals surface area contributed by atoms with Crippen LogP contribution in [0.3, 0.4) is 0 Å². The maximum absolute atomic E-state index is 8.82. The minimum atomic E-state index is 0.279. The van der Waals surface area contributed by atoms with Crippen molar-refractivity contribution < 1.29 is 4.74 Å². The number of ether oxygens (including phenoxy) is 1. The molecular formula is C20H23N5O. The average molecular weight is 349 g/mol. The Bertz CT molecular complexity index is 780. The summed E-state index contributed by atoms with van der Waals surface area (Å²) in [4.78, 5) is 13.6. The molecule has 0 N–H and O–H groups in total. The Morgan fingerprint density at radius 1 is 1.27 bits per heavy atom. The summed E-state index contributed by atoms with van der Waals surface area (Å²) in [7, 11) is 2.22. The Morgan fingerprint density at radius 2 is 2.15 bits per heavy atom. The van der Waals surface area contributed by atoms with Gasteiger partial charge in [-0.3, -0.25) is 14.8 Å². The first-order chi connectivity index (χ1) is 12.7. The van der Waals surface area contributed by atoms with Gasteiger partial charge in [0, 0.05) is 56.1 Å². The van der Waals surface area contributed by atoms with Gasteiger partial charge >= 0.3 is 0 Å². The average Bonchev–Trinajstić information content (AvgIpc) is 2.97. The third kappa shape index (κ3) is 3.41. The molecule has 0 aromatic carbocycles. The van der Waals surface area contributed by atoms with Crippen LogP contribution in [0.5, 0.6) is 5.88 Å². The van der Waals surface area contributed by atoms with Crippen LogP contribution in [0.4, 0.5) is 0 Å². The van der Waals surface area contributed by atoms with E-state index in [4.69, 9.17) is 10.00 Å². The SMILES string of the molecule is CN1C[C@@H](COc2ccc(C#N)cn2)CC12CN(Cc1ccccn1)C2. The molecule has 2 aliphatic heterocycles. The van der Waals surface area contributed by atoms with Crippen LogP contribution >= 0.6 is 0 Å². The lowest BCUT2D eigenvalue weighted by Crippen LogP contribution is -2.66. The van der Waals surface area contributed by atoms with Gasteiger partial charge in [-0.1, -0.05) is 6.07 Å². The Labute approximate surface area is 154 Å². The van der Waals surface area contributed by atoms with Crippen molar-refractivity contribution in [1.82, 2.24) is 19.8 Å². The van der Waals surface area contributed by atoms with E-state index in [1.165, 1.54) is 0 Å². The van der Waals surface area contributed by atoms with Crippen LogP contribution in [0.2, 0.25) is 0 Å². The molecule has 0 bridgehead atoms. The van der Waals surface area contributed by atoms with Crippen LogP contribution in [-0.2, 0) is 6.54 Å². The zero-order chi connectivity index (χ0) is 18.0. The lowest BCUT2D eigenvalue weighted by Gasteiger charge is -2.52. The highest BCUT2D eigenvalue weighted by Gasteiger charge is 2.51. The monoisotopic (exact) mass is 349 g/mol. The molecule has 2 aliphatic rings. The minimum absolute atomic E-state index is 0.279. The van der Waals surface area contributed by atoms with Gasteiger partial charge in [0.2, 0.25) is 5.88 Å². The van der Waals surface area contributed by atoms with E-state index in [1.807, 2.05) is 18.3 Å². The van der Waals surface area contributed by atoms with Crippen LogP contribution in [-0.4, -0.2) is 58.6 Å². The molecule has 2 aromatic rings. The molecule has 0 unspecified atom stereocenters. The van der Waals surface area contributed by atoms with E-state index in [-0.39, 0.29) is 5.54 Å². The maximum atomic E-state index is 8.82. The number of hydrogen-bond acceptors (Lipinski definition) is 6. The molecule has 6 nitrogen and oxygen atoms in total. The predicted octanol–water partition coefficient (Wildman–Crippen LogP) is 1.93. The third-order valence-corrected chi connectivity index (χ3v) is 5.49. The molecule has 6 heteroatoms. The first kappa shape index (κ1) is 17.0. The largest absolute Gasteiger partial charge is 0.477 e. The smallest absolute Gasteiger partial charge is 0.213 e. The number of aromatic nitrogens is 2. The molecule has 26 heavy (non-hydrogen) atoms. The first-order valence-electron chi connectivity index (χ1n) is 8.99. The van der Waals surface area contributed by atoms with E-state index in [9.17, 15) is 0 Å². The first-order valence-corrected chi connectivity index (χ1v) is 8.99. The van der Waals surface area contributed by atoms with E-state index in [0.29, 0.717) is 24.0 Å². The van der Waals surface area contributed by atoms with Crippen LogP contribution in [0.25, 0.3) is 0 Å². The van der Waals surface area contributed by atoms with E-state index < -0.39 is 0 Å². The highest BCUT2D eigenvalue weighted by Crippen LogP contribution is 2.39. The van der Waals surface area contributed by atoms with Gasteiger partial charge in [0.05, 0.1) is 17.9 Å². The van der Waals surface area contributed by atoms with Gasteiger partial charge in [-0.15, -0.1) is 0 Å². The molecule has 0 saturated carbocycles. The molecule has 1 atom stereocenters. The van der Waals surface area contributed by atoms with E-state index in [1.54, 1.807) is 18.3 Å². The molecule has 4 heterocycles. The van der Waals surface area contributed by atoms with Gasteiger partial charge in [-0.05, 0) is 31.7 Å². The van der Waals surface area contributed by atoms with Crippen molar-refractivity contribution in [2.75, 3.05) is 33.3 Å². The number of likely N-dealkylation sites (tertiary alicyclic amines) is 2. The number of nitrogens with zero attached hydrogens (tertiary/aromatic N) is 5. The van der Waals surface area contributed by atoms with Crippen molar-refractivity contribution >= 4 is 0 Å². The van der Waals surface area contributed by atoms with Crippen molar-refractivity contribution in [2.24, 2.45) is 5.92 Å². The zero-order valence-corrected chi connectivity index (χ0v) is 15.0. The highest BCUT2D eigenvalue weighted by atomic mass is 16.5. The topological polar surface area (TPSA) is 65.3 Å². The van der Waals surface area contributed by atoms with Gasteiger partial charge in [0.25, 0.3) is 0 Å². The molecular weight excluding hydrogens is 326 g/mol. The molecule has 134 valence electrons. The Morgan fingerprint density at radius 3 is 2.85 bits per heavy atom. The second-order valence-corrected chi connectivity index (χ2v) is 7.45. The van der Waals surface area contributed by atoms with E-state index in [0.717, 1.165) is 38.3 Å². The molecule has 0 amide bonds. The summed E-state index contributed by atoms with van der Waals surface area (Å²) < 4.78 is 5.85. The minimum Gasteiger partial charge on any atom is -0.477 e. The quantitative estimate of drug-likeness (QED) is 0.822. The van der Waals surface area contributed by atoms with E-state index in [2.05, 4.69) is 39.0 Å². The summed E-state index contributed by atoms with van der Waals surface area (Å²) in [6.45, 7) is 4.82. The van der Waals surface area contributed by atoms with E-state index >= 15 is 0 Å². The molecule has 2 fully saturated rings. The summed E-state index contributed by atoms with van der Waals surface area (Å²) in [6, 6.07) is 11.7. The third-order valence-electron chi connectivity index (χ3n) is 5.49. The van der Waals surface area contributed by atoms with Gasteiger partial charge in [-0.25, -0.2) is 4.98 Å². The van der Waals surface area contributed by atoms with Crippen LogP contribution in [0.1, 0.15) is 17.7 Å². The van der Waals surface area contributed by atoms with Gasteiger partial charge in [0.15, 0.2) is 0 Å². The summed E-state index contributed by atoms with van der Waals surface area (Å²) in [5.74, 6) is 1.10. The number of nitriles is 1. The number of likely N-dealkylation sites (N-methyl/N-ethyl adjacent to an activating group) is 1. The lowest BCUT2D eigenvalue weighted by molar-refractivity contribution is -0.0229. The highest BCUT2D eigenvalue weighted by molar-refractivity contribution is 5.28. The molecule has 2 aromatic heterocycles. The van der Waals surface area contributed by atoms with Crippen molar-refractivity contribution in [2.45, 2.75) is 18.5 Å². The van der Waals surface area contributed by atoms with Gasteiger partial charge in [-0.2, -0.15) is 5.26 Å². The van der Waals surface area contributed by atoms with Crippen molar-refractivity contribution in [3.05, 3.63) is 54.0 Å². The Hall–Kier alpha value is -2.49. The number of rotatable bonds is 5. The van der Waals surface area contributed by atoms with Crippen LogP contribution in [0, 0.1) is 17.2 Å². The summed E-state index contributed by atoms with van der Waals surface area (Å²) in [6.07, 6.45) is 4.56.